The SMILES string of the molecule is Cn1cc(C2CC2)c(CC2(C)CCCC2)n1. The quantitative estimate of drug-likeness (QED) is 0.760. The molecule has 88 valence electrons. The molecule has 3 rings (SSSR count). The second kappa shape index (κ2) is 3.61. The molecule has 0 spiro atoms. The molecule has 0 aromatic carbocycles. The molecule has 2 aliphatic carbocycles. The molecule has 2 saturated carbocycles. The standard InChI is InChI=1S/C14H22N2/c1-14(7-3-4-8-14)9-13-12(11-5-6-11)10-16(2)15-13/h10-11H,3-9H2,1-2H3. The highest BCUT2D eigenvalue weighted by Crippen LogP contribution is 2.45. The van der Waals surface area contributed by atoms with Crippen LogP contribution in [0.25, 0.3) is 0 Å². The van der Waals surface area contributed by atoms with Crippen LogP contribution >= 0.6 is 0 Å². The molecule has 16 heavy (non-hydrogen) atoms. The Kier molecular flexibility index (Phi) is 2.34. The molecule has 1 aromatic heterocycles. The van der Waals surface area contributed by atoms with Crippen LogP contribution in [-0.2, 0) is 13.5 Å². The van der Waals surface area contributed by atoms with Crippen molar-refractivity contribution in [2.45, 2.75) is 57.8 Å². The van der Waals surface area contributed by atoms with Crippen LogP contribution < -0.4 is 0 Å². The van der Waals surface area contributed by atoms with Crippen LogP contribution in [0.2, 0.25) is 0 Å². The molecule has 2 aliphatic rings. The summed E-state index contributed by atoms with van der Waals surface area (Å²) in [6.07, 6.45) is 11.9. The third kappa shape index (κ3) is 1.90. The molecule has 2 nitrogen and oxygen atoms in total. The highest BCUT2D eigenvalue weighted by molar-refractivity contribution is 5.27. The Bertz CT molecular complexity index is 381. The fourth-order valence-corrected chi connectivity index (χ4v) is 3.24. The van der Waals surface area contributed by atoms with Crippen molar-refractivity contribution in [3.8, 4) is 0 Å². The van der Waals surface area contributed by atoms with Crippen LogP contribution in [0.5, 0.6) is 0 Å². The van der Waals surface area contributed by atoms with E-state index < -0.39 is 0 Å². The summed E-state index contributed by atoms with van der Waals surface area (Å²) in [7, 11) is 2.06. The van der Waals surface area contributed by atoms with Gasteiger partial charge in [-0.1, -0.05) is 19.8 Å². The zero-order valence-electron chi connectivity index (χ0n) is 10.5. The van der Waals surface area contributed by atoms with Crippen molar-refractivity contribution in [2.75, 3.05) is 0 Å². The normalized spacial score (nSPS) is 23.9. The van der Waals surface area contributed by atoms with Crippen molar-refractivity contribution >= 4 is 0 Å². The number of aryl methyl sites for hydroxylation is 1. The predicted octanol–water partition coefficient (Wildman–Crippen LogP) is 3.42. The largest absolute Gasteiger partial charge is 0.275 e. The van der Waals surface area contributed by atoms with E-state index >= 15 is 0 Å². The summed E-state index contributed by atoms with van der Waals surface area (Å²) in [5.74, 6) is 0.841. The van der Waals surface area contributed by atoms with Gasteiger partial charge in [-0.05, 0) is 49.0 Å². The first-order valence-corrected chi connectivity index (χ1v) is 6.69. The second-order valence-corrected chi connectivity index (χ2v) is 6.17. The summed E-state index contributed by atoms with van der Waals surface area (Å²) in [5.41, 5.74) is 3.49. The topological polar surface area (TPSA) is 17.8 Å². The number of hydrogen-bond acceptors (Lipinski definition) is 1. The Morgan fingerprint density at radius 3 is 2.69 bits per heavy atom. The van der Waals surface area contributed by atoms with Crippen LogP contribution in [0.15, 0.2) is 6.20 Å². The summed E-state index contributed by atoms with van der Waals surface area (Å²) in [5, 5.41) is 4.70. The lowest BCUT2D eigenvalue weighted by Gasteiger charge is -2.22. The van der Waals surface area contributed by atoms with E-state index in [0.29, 0.717) is 5.41 Å². The molecule has 0 aliphatic heterocycles. The Labute approximate surface area is 98.0 Å². The minimum absolute atomic E-state index is 0.540. The highest BCUT2D eigenvalue weighted by atomic mass is 15.3. The van der Waals surface area contributed by atoms with Crippen molar-refractivity contribution < 1.29 is 0 Å². The van der Waals surface area contributed by atoms with Gasteiger partial charge < -0.3 is 0 Å². The minimum Gasteiger partial charge on any atom is -0.275 e. The smallest absolute Gasteiger partial charge is 0.0664 e. The fourth-order valence-electron chi connectivity index (χ4n) is 3.24. The van der Waals surface area contributed by atoms with E-state index in [0.717, 1.165) is 5.92 Å². The minimum atomic E-state index is 0.540. The number of rotatable bonds is 3. The molecular formula is C14H22N2. The van der Waals surface area contributed by atoms with Gasteiger partial charge in [-0.3, -0.25) is 4.68 Å². The molecule has 1 aromatic rings. The van der Waals surface area contributed by atoms with Crippen LogP contribution in [0.4, 0.5) is 0 Å². The summed E-state index contributed by atoms with van der Waals surface area (Å²) in [6.45, 7) is 2.45. The van der Waals surface area contributed by atoms with Crippen LogP contribution in [0.3, 0.4) is 0 Å². The molecule has 1 heterocycles. The lowest BCUT2D eigenvalue weighted by Crippen LogP contribution is -2.16. The van der Waals surface area contributed by atoms with E-state index in [1.165, 1.54) is 50.6 Å². The lowest BCUT2D eigenvalue weighted by atomic mass is 9.83. The van der Waals surface area contributed by atoms with Gasteiger partial charge in [0.2, 0.25) is 0 Å². The molecule has 0 N–H and O–H groups in total. The molecular weight excluding hydrogens is 196 g/mol. The molecule has 2 fully saturated rings. The maximum absolute atomic E-state index is 4.70. The summed E-state index contributed by atoms with van der Waals surface area (Å²) >= 11 is 0. The van der Waals surface area contributed by atoms with Crippen molar-refractivity contribution in [2.24, 2.45) is 12.5 Å². The van der Waals surface area contributed by atoms with E-state index in [1.54, 1.807) is 5.56 Å². The molecule has 0 unspecified atom stereocenters. The van der Waals surface area contributed by atoms with E-state index in [9.17, 15) is 0 Å². The van der Waals surface area contributed by atoms with Gasteiger partial charge in [-0.2, -0.15) is 5.10 Å². The first-order chi connectivity index (χ1) is 7.66. The Morgan fingerprint density at radius 2 is 2.06 bits per heavy atom. The van der Waals surface area contributed by atoms with Gasteiger partial charge in [0.1, 0.15) is 0 Å². The van der Waals surface area contributed by atoms with Gasteiger partial charge in [0.15, 0.2) is 0 Å². The van der Waals surface area contributed by atoms with Gasteiger partial charge in [0.05, 0.1) is 5.69 Å². The number of aromatic nitrogens is 2. The van der Waals surface area contributed by atoms with E-state index in [-0.39, 0.29) is 0 Å². The monoisotopic (exact) mass is 218 g/mol. The van der Waals surface area contributed by atoms with Crippen molar-refractivity contribution in [1.29, 1.82) is 0 Å². The molecule has 0 bridgehead atoms. The number of hydrogen-bond donors (Lipinski definition) is 0. The molecule has 0 atom stereocenters. The summed E-state index contributed by atoms with van der Waals surface area (Å²) in [4.78, 5) is 0. The Balaban J connectivity index is 1.82. The number of nitrogens with zero attached hydrogens (tertiary/aromatic N) is 2. The van der Waals surface area contributed by atoms with E-state index in [1.807, 2.05) is 4.68 Å². The summed E-state index contributed by atoms with van der Waals surface area (Å²) < 4.78 is 2.02. The maximum Gasteiger partial charge on any atom is 0.0664 e. The van der Waals surface area contributed by atoms with Crippen LogP contribution in [0, 0.1) is 5.41 Å². The van der Waals surface area contributed by atoms with Crippen molar-refractivity contribution in [3.63, 3.8) is 0 Å². The first kappa shape index (κ1) is 10.4. The second-order valence-electron chi connectivity index (χ2n) is 6.17. The first-order valence-electron chi connectivity index (χ1n) is 6.69. The third-order valence-corrected chi connectivity index (χ3v) is 4.36. The average Bonchev–Trinajstić information content (AvgIpc) is 2.89. The zero-order valence-corrected chi connectivity index (χ0v) is 10.5. The predicted molar refractivity (Wildman–Crippen MR) is 65.5 cm³/mol. The van der Waals surface area contributed by atoms with Crippen LogP contribution in [0.1, 0.15) is 62.6 Å². The Morgan fingerprint density at radius 1 is 1.38 bits per heavy atom. The van der Waals surface area contributed by atoms with Gasteiger partial charge in [-0.15, -0.1) is 0 Å². The van der Waals surface area contributed by atoms with E-state index in [2.05, 4.69) is 20.2 Å². The van der Waals surface area contributed by atoms with Gasteiger partial charge >= 0.3 is 0 Å². The third-order valence-electron chi connectivity index (χ3n) is 4.36. The molecule has 0 saturated heterocycles. The van der Waals surface area contributed by atoms with Gasteiger partial charge in [-0.25, -0.2) is 0 Å². The Hall–Kier alpha value is -0.790. The molecule has 0 amide bonds. The van der Waals surface area contributed by atoms with Gasteiger partial charge in [0.25, 0.3) is 0 Å². The maximum atomic E-state index is 4.70. The van der Waals surface area contributed by atoms with Gasteiger partial charge in [0, 0.05) is 13.2 Å². The lowest BCUT2D eigenvalue weighted by molar-refractivity contribution is 0.329. The molecule has 0 radical (unpaired) electrons. The highest BCUT2D eigenvalue weighted by Gasteiger charge is 2.34. The zero-order chi connectivity index (χ0) is 11.2. The van der Waals surface area contributed by atoms with E-state index in [4.69, 9.17) is 5.10 Å². The molecule has 2 heteroatoms. The summed E-state index contributed by atoms with van der Waals surface area (Å²) in [6, 6.07) is 0. The van der Waals surface area contributed by atoms with Crippen molar-refractivity contribution in [3.05, 3.63) is 17.5 Å². The van der Waals surface area contributed by atoms with Crippen molar-refractivity contribution in [1.82, 2.24) is 9.78 Å². The fraction of sp³-hybridized carbons (Fsp3) is 0.786. The average molecular weight is 218 g/mol. The van der Waals surface area contributed by atoms with Crippen LogP contribution in [-0.4, -0.2) is 9.78 Å².